The Kier molecular flexibility index (Phi) is 3.01. The lowest BCUT2D eigenvalue weighted by Gasteiger charge is -2.19. The average Bonchev–Trinajstić information content (AvgIpc) is 2.03. The lowest BCUT2D eigenvalue weighted by molar-refractivity contribution is 0.458. The van der Waals surface area contributed by atoms with Crippen LogP contribution in [0.25, 0.3) is 0 Å². The molecule has 0 heterocycles. The molecule has 4 heteroatoms. The van der Waals surface area contributed by atoms with Gasteiger partial charge in [-0.2, -0.15) is 0 Å². The van der Waals surface area contributed by atoms with Gasteiger partial charge in [0.05, 0.1) is 0 Å². The van der Waals surface area contributed by atoms with Crippen molar-refractivity contribution in [3.8, 4) is 0 Å². The highest BCUT2D eigenvalue weighted by atomic mass is 19.4. The fraction of sp³-hybridized carbons (Fsp3) is 0.333. The maximum atomic E-state index is 12.1. The van der Waals surface area contributed by atoms with Crippen LogP contribution in [0.1, 0.15) is 18.4 Å². The number of hydrogen-bond donors (Lipinski definition) is 0. The van der Waals surface area contributed by atoms with Crippen molar-refractivity contribution >= 4 is 6.98 Å². The second-order valence-electron chi connectivity index (χ2n) is 3.26. The summed E-state index contributed by atoms with van der Waals surface area (Å²) < 4.78 is 36.2. The molecule has 0 spiro atoms. The smallest absolute Gasteiger partial charge is 0.449 e. The van der Waals surface area contributed by atoms with Crippen molar-refractivity contribution in [1.29, 1.82) is 0 Å². The topological polar surface area (TPSA) is 0 Å². The molecule has 0 saturated heterocycles. The summed E-state index contributed by atoms with van der Waals surface area (Å²) in [5.41, 5.74) is 0.752. The van der Waals surface area contributed by atoms with Crippen LogP contribution in [0, 0.1) is 0 Å². The third-order valence-corrected chi connectivity index (χ3v) is 1.99. The molecule has 0 aliphatic heterocycles. The molecule has 0 bridgehead atoms. The predicted molar refractivity (Wildman–Crippen MR) is 48.7 cm³/mol. The van der Waals surface area contributed by atoms with E-state index in [1.807, 2.05) is 0 Å². The van der Waals surface area contributed by atoms with Gasteiger partial charge >= 0.3 is 6.98 Å². The van der Waals surface area contributed by atoms with E-state index in [-0.39, 0.29) is 0 Å². The summed E-state index contributed by atoms with van der Waals surface area (Å²) in [6.45, 7) is -3.07. The minimum absolute atomic E-state index is 0.429. The van der Waals surface area contributed by atoms with Crippen LogP contribution in [0.2, 0.25) is 6.32 Å². The maximum absolute atomic E-state index is 12.1. The number of rotatable bonds is 3. The van der Waals surface area contributed by atoms with Gasteiger partial charge in [0, 0.05) is 0 Å². The highest BCUT2D eigenvalue weighted by Gasteiger charge is 2.25. The molecule has 1 rings (SSSR count). The maximum Gasteiger partial charge on any atom is 0.478 e. The van der Waals surface area contributed by atoms with Crippen molar-refractivity contribution in [3.05, 3.63) is 35.9 Å². The molecular formula is C9H11BF3-. The first-order chi connectivity index (χ1) is 5.99. The van der Waals surface area contributed by atoms with E-state index in [1.54, 1.807) is 37.3 Å². The molecule has 0 fully saturated rings. The SMILES string of the molecule is C[C@H](C[B-](F)(F)F)c1ccccc1. The van der Waals surface area contributed by atoms with E-state index in [0.29, 0.717) is 0 Å². The van der Waals surface area contributed by atoms with E-state index in [4.69, 9.17) is 0 Å². The van der Waals surface area contributed by atoms with Gasteiger partial charge in [0.25, 0.3) is 0 Å². The largest absolute Gasteiger partial charge is 0.478 e. The Morgan fingerprint density at radius 2 is 1.69 bits per heavy atom. The number of benzene rings is 1. The molecule has 0 aliphatic rings. The van der Waals surface area contributed by atoms with E-state index in [2.05, 4.69) is 0 Å². The zero-order valence-corrected chi connectivity index (χ0v) is 7.38. The molecule has 1 atom stereocenters. The molecule has 72 valence electrons. The monoisotopic (exact) mass is 187 g/mol. The second-order valence-corrected chi connectivity index (χ2v) is 3.26. The normalized spacial score (nSPS) is 14.2. The summed E-state index contributed by atoms with van der Waals surface area (Å²) >= 11 is 0. The molecule has 0 amide bonds. The molecule has 0 nitrogen and oxygen atoms in total. The van der Waals surface area contributed by atoms with Gasteiger partial charge in [0.1, 0.15) is 0 Å². The summed E-state index contributed by atoms with van der Waals surface area (Å²) in [6.07, 6.45) is -0.690. The Balaban J connectivity index is 2.64. The summed E-state index contributed by atoms with van der Waals surface area (Å²) in [6, 6.07) is 8.78. The van der Waals surface area contributed by atoms with Crippen LogP contribution < -0.4 is 0 Å². The van der Waals surface area contributed by atoms with Crippen LogP contribution in [0.4, 0.5) is 12.9 Å². The molecule has 0 saturated carbocycles. The van der Waals surface area contributed by atoms with Crippen molar-refractivity contribution in [2.24, 2.45) is 0 Å². The summed E-state index contributed by atoms with van der Waals surface area (Å²) in [7, 11) is 0. The van der Waals surface area contributed by atoms with Gasteiger partial charge in [0.2, 0.25) is 0 Å². The number of halogens is 3. The van der Waals surface area contributed by atoms with E-state index >= 15 is 0 Å². The van der Waals surface area contributed by atoms with Gasteiger partial charge in [-0.25, -0.2) is 0 Å². The van der Waals surface area contributed by atoms with Crippen molar-refractivity contribution < 1.29 is 12.9 Å². The molecule has 1 aromatic carbocycles. The lowest BCUT2D eigenvalue weighted by atomic mass is 9.76. The van der Waals surface area contributed by atoms with Crippen molar-refractivity contribution in [3.63, 3.8) is 0 Å². The highest BCUT2D eigenvalue weighted by Crippen LogP contribution is 2.28. The summed E-state index contributed by atoms with van der Waals surface area (Å²) in [5.74, 6) is -0.429. The van der Waals surface area contributed by atoms with Gasteiger partial charge in [-0.3, -0.25) is 0 Å². The van der Waals surface area contributed by atoms with E-state index in [1.165, 1.54) is 0 Å². The minimum atomic E-state index is -4.67. The van der Waals surface area contributed by atoms with Crippen LogP contribution >= 0.6 is 0 Å². The predicted octanol–water partition coefficient (Wildman–Crippen LogP) is 3.64. The fourth-order valence-corrected chi connectivity index (χ4v) is 1.32. The van der Waals surface area contributed by atoms with E-state index in [0.717, 1.165) is 5.56 Å². The molecule has 0 N–H and O–H groups in total. The Hall–Kier alpha value is -0.925. The highest BCUT2D eigenvalue weighted by molar-refractivity contribution is 6.58. The first-order valence-corrected chi connectivity index (χ1v) is 4.25. The van der Waals surface area contributed by atoms with Crippen LogP contribution in [0.3, 0.4) is 0 Å². The van der Waals surface area contributed by atoms with E-state index < -0.39 is 19.2 Å². The standard InChI is InChI=1S/C9H11BF3/c1-8(7-10(11,12)13)9-5-3-2-4-6-9/h2-6,8H,7H2,1H3/q-1/t8-/m1/s1. The molecular weight excluding hydrogens is 176 g/mol. The number of hydrogen-bond acceptors (Lipinski definition) is 0. The average molecular weight is 187 g/mol. The second kappa shape index (κ2) is 3.86. The van der Waals surface area contributed by atoms with Gasteiger partial charge in [-0.1, -0.05) is 43.6 Å². The first-order valence-electron chi connectivity index (χ1n) is 4.25. The van der Waals surface area contributed by atoms with Gasteiger partial charge in [0.15, 0.2) is 0 Å². The molecule has 0 radical (unpaired) electrons. The van der Waals surface area contributed by atoms with Crippen molar-refractivity contribution in [2.45, 2.75) is 19.2 Å². The molecule has 0 aliphatic carbocycles. The minimum Gasteiger partial charge on any atom is -0.449 e. The zero-order valence-electron chi connectivity index (χ0n) is 7.38. The fourth-order valence-electron chi connectivity index (χ4n) is 1.32. The molecule has 13 heavy (non-hydrogen) atoms. The Morgan fingerprint density at radius 3 is 2.15 bits per heavy atom. The Bertz CT molecular complexity index is 255. The van der Waals surface area contributed by atoms with Crippen LogP contribution in [0.15, 0.2) is 30.3 Å². The third-order valence-electron chi connectivity index (χ3n) is 1.99. The lowest BCUT2D eigenvalue weighted by Crippen LogP contribution is -2.17. The third kappa shape index (κ3) is 3.53. The van der Waals surface area contributed by atoms with Gasteiger partial charge in [-0.05, 0) is 11.5 Å². The zero-order chi connectivity index (χ0) is 9.90. The van der Waals surface area contributed by atoms with Crippen LogP contribution in [0.5, 0.6) is 0 Å². The molecule has 1 aromatic rings. The Morgan fingerprint density at radius 1 is 1.15 bits per heavy atom. The first kappa shape index (κ1) is 10.2. The van der Waals surface area contributed by atoms with Crippen LogP contribution in [-0.2, 0) is 0 Å². The molecule has 0 aromatic heterocycles. The quantitative estimate of drug-likeness (QED) is 0.633. The van der Waals surface area contributed by atoms with Gasteiger partial charge in [-0.15, -0.1) is 0 Å². The van der Waals surface area contributed by atoms with Gasteiger partial charge < -0.3 is 12.9 Å². The Labute approximate surface area is 75.8 Å². The summed E-state index contributed by atoms with van der Waals surface area (Å²) in [5, 5.41) is 0. The van der Waals surface area contributed by atoms with Crippen LogP contribution in [-0.4, -0.2) is 6.98 Å². The van der Waals surface area contributed by atoms with Crippen molar-refractivity contribution in [1.82, 2.24) is 0 Å². The van der Waals surface area contributed by atoms with E-state index in [9.17, 15) is 12.9 Å². The summed E-state index contributed by atoms with van der Waals surface area (Å²) in [4.78, 5) is 0. The molecule has 0 unspecified atom stereocenters. The van der Waals surface area contributed by atoms with Crippen molar-refractivity contribution in [2.75, 3.05) is 0 Å².